The molecule has 11 heteroatoms. The number of nitrogens with one attached hydrogen (secondary N) is 2. The van der Waals surface area contributed by atoms with E-state index in [0.29, 0.717) is 18.4 Å². The number of hydrogen-bond acceptors (Lipinski definition) is 7. The van der Waals surface area contributed by atoms with E-state index in [9.17, 15) is 24.0 Å². The van der Waals surface area contributed by atoms with Gasteiger partial charge in [0.05, 0.1) is 13.5 Å². The number of carbonyl (C=O) groups is 5. The van der Waals surface area contributed by atoms with Crippen LogP contribution in [0.1, 0.15) is 58.6 Å². The van der Waals surface area contributed by atoms with Gasteiger partial charge < -0.3 is 30.7 Å². The number of unbranched alkanes of at least 4 members (excludes halogenated alkanes) is 1. The van der Waals surface area contributed by atoms with Gasteiger partial charge in [-0.25, -0.2) is 4.79 Å². The molecule has 1 rings (SSSR count). The summed E-state index contributed by atoms with van der Waals surface area (Å²) in [7, 11) is 1.19. The van der Waals surface area contributed by atoms with Gasteiger partial charge in [0.1, 0.15) is 24.2 Å². The minimum Gasteiger partial charge on any atom is -0.468 e. The van der Waals surface area contributed by atoms with Gasteiger partial charge >= 0.3 is 12.1 Å². The Hall–Kier alpha value is -3.63. The molecule has 1 aromatic rings. The molecular weight excluding hydrogens is 456 g/mol. The molecule has 11 nitrogen and oxygen atoms in total. The van der Waals surface area contributed by atoms with Crippen LogP contribution in [0.5, 0.6) is 0 Å². The van der Waals surface area contributed by atoms with Crippen molar-refractivity contribution in [2.24, 2.45) is 5.73 Å². The lowest BCUT2D eigenvalue weighted by atomic mass is 10.0. The van der Waals surface area contributed by atoms with Gasteiger partial charge in [0.25, 0.3) is 0 Å². The van der Waals surface area contributed by atoms with E-state index in [2.05, 4.69) is 15.4 Å². The lowest BCUT2D eigenvalue weighted by Crippen LogP contribution is -2.54. The Balaban J connectivity index is 3.39. The SMILES string of the molecule is CCCCN(C(=O)C(CC(N)=O)NC(=O)OC(C)(C)C)C(C(=O)NCC(=O)OC)c1ccccc1. The van der Waals surface area contributed by atoms with Crippen molar-refractivity contribution in [2.45, 2.75) is 64.6 Å². The minimum atomic E-state index is -1.36. The third-order valence-corrected chi connectivity index (χ3v) is 4.74. The maximum atomic E-state index is 13.7. The standard InChI is InChI=1S/C24H36N4O7/c1-6-7-13-28(22(32)17(14-18(25)29)27-23(33)35-24(2,3)4)20(16-11-9-8-10-12-16)21(31)26-15-19(30)34-5/h8-12,17,20H,6-7,13-15H2,1-5H3,(H2,25,29)(H,26,31)(H,27,33). The highest BCUT2D eigenvalue weighted by Gasteiger charge is 2.36. The number of methoxy groups -OCH3 is 1. The van der Waals surface area contributed by atoms with Crippen molar-refractivity contribution in [3.05, 3.63) is 35.9 Å². The van der Waals surface area contributed by atoms with Gasteiger partial charge in [0.2, 0.25) is 17.7 Å². The number of ether oxygens (including phenoxy) is 2. The molecule has 0 aliphatic heterocycles. The van der Waals surface area contributed by atoms with Crippen LogP contribution in [0.15, 0.2) is 30.3 Å². The Morgan fingerprint density at radius 3 is 2.23 bits per heavy atom. The van der Waals surface area contributed by atoms with Crippen LogP contribution in [0.4, 0.5) is 4.79 Å². The first kappa shape index (κ1) is 29.4. The Morgan fingerprint density at radius 2 is 1.71 bits per heavy atom. The van der Waals surface area contributed by atoms with Gasteiger partial charge in [-0.1, -0.05) is 43.7 Å². The summed E-state index contributed by atoms with van der Waals surface area (Å²) in [5.41, 5.74) is 4.99. The zero-order chi connectivity index (χ0) is 26.6. The molecule has 0 saturated carbocycles. The third-order valence-electron chi connectivity index (χ3n) is 4.74. The molecule has 0 saturated heterocycles. The molecule has 0 aliphatic carbocycles. The van der Waals surface area contributed by atoms with Crippen LogP contribution in [0, 0.1) is 0 Å². The zero-order valence-corrected chi connectivity index (χ0v) is 21.0. The molecule has 4 amide bonds. The fourth-order valence-electron chi connectivity index (χ4n) is 3.18. The summed E-state index contributed by atoms with van der Waals surface area (Å²) in [4.78, 5) is 63.9. The van der Waals surface area contributed by atoms with Crippen molar-refractivity contribution in [3.8, 4) is 0 Å². The predicted octanol–water partition coefficient (Wildman–Crippen LogP) is 1.41. The number of hydrogen-bond donors (Lipinski definition) is 3. The lowest BCUT2D eigenvalue weighted by Gasteiger charge is -2.34. The number of nitrogens with two attached hydrogens (primary N) is 1. The molecule has 35 heavy (non-hydrogen) atoms. The summed E-state index contributed by atoms with van der Waals surface area (Å²) < 4.78 is 9.80. The number of esters is 1. The maximum absolute atomic E-state index is 13.7. The Morgan fingerprint density at radius 1 is 1.09 bits per heavy atom. The van der Waals surface area contributed by atoms with E-state index < -0.39 is 60.4 Å². The fourth-order valence-corrected chi connectivity index (χ4v) is 3.18. The molecule has 194 valence electrons. The van der Waals surface area contributed by atoms with Crippen LogP contribution in [0.25, 0.3) is 0 Å². The summed E-state index contributed by atoms with van der Waals surface area (Å²) in [6.45, 7) is 6.63. The summed E-state index contributed by atoms with van der Waals surface area (Å²) in [6.07, 6.45) is -0.158. The van der Waals surface area contributed by atoms with E-state index in [1.54, 1.807) is 51.1 Å². The molecule has 0 aliphatic rings. The monoisotopic (exact) mass is 492 g/mol. The predicted molar refractivity (Wildman–Crippen MR) is 128 cm³/mol. The molecule has 0 spiro atoms. The van der Waals surface area contributed by atoms with Crippen LogP contribution < -0.4 is 16.4 Å². The van der Waals surface area contributed by atoms with E-state index in [1.165, 1.54) is 12.0 Å². The number of nitrogens with zero attached hydrogens (tertiary/aromatic N) is 1. The van der Waals surface area contributed by atoms with Gasteiger partial charge in [-0.05, 0) is 32.8 Å². The van der Waals surface area contributed by atoms with Crippen molar-refractivity contribution in [1.82, 2.24) is 15.5 Å². The van der Waals surface area contributed by atoms with Gasteiger partial charge in [0.15, 0.2) is 0 Å². The van der Waals surface area contributed by atoms with Gasteiger partial charge in [0, 0.05) is 6.54 Å². The van der Waals surface area contributed by atoms with E-state index in [1.807, 2.05) is 6.92 Å². The van der Waals surface area contributed by atoms with E-state index in [0.717, 1.165) is 0 Å². The summed E-state index contributed by atoms with van der Waals surface area (Å²) in [5, 5.41) is 4.89. The normalized spacial score (nSPS) is 12.6. The molecule has 0 fully saturated rings. The number of primary amides is 1. The third kappa shape index (κ3) is 10.4. The first-order chi connectivity index (χ1) is 16.4. The summed E-state index contributed by atoms with van der Waals surface area (Å²) in [6, 6.07) is 5.99. The molecule has 0 aromatic heterocycles. The van der Waals surface area contributed by atoms with Crippen molar-refractivity contribution in [2.75, 3.05) is 20.2 Å². The average molecular weight is 493 g/mol. The van der Waals surface area contributed by atoms with Crippen molar-refractivity contribution in [3.63, 3.8) is 0 Å². The van der Waals surface area contributed by atoms with Gasteiger partial charge in [-0.15, -0.1) is 0 Å². The molecule has 0 bridgehead atoms. The molecular formula is C24H36N4O7. The second-order valence-electron chi connectivity index (χ2n) is 8.86. The molecule has 2 atom stereocenters. The smallest absolute Gasteiger partial charge is 0.408 e. The lowest BCUT2D eigenvalue weighted by molar-refractivity contribution is -0.145. The highest BCUT2D eigenvalue weighted by Crippen LogP contribution is 2.23. The summed E-state index contributed by atoms with van der Waals surface area (Å²) >= 11 is 0. The van der Waals surface area contributed by atoms with Crippen LogP contribution in [0.2, 0.25) is 0 Å². The van der Waals surface area contributed by atoms with Gasteiger partial charge in [-0.3, -0.25) is 19.2 Å². The van der Waals surface area contributed by atoms with Crippen molar-refractivity contribution >= 4 is 29.8 Å². The number of alkyl carbamates (subject to hydrolysis) is 1. The molecule has 0 radical (unpaired) electrons. The largest absolute Gasteiger partial charge is 0.468 e. The van der Waals surface area contributed by atoms with Gasteiger partial charge in [-0.2, -0.15) is 0 Å². The van der Waals surface area contributed by atoms with E-state index >= 15 is 0 Å². The molecule has 1 aromatic carbocycles. The Kier molecular flexibility index (Phi) is 11.7. The average Bonchev–Trinajstić information content (AvgIpc) is 2.78. The Labute approximate surface area is 205 Å². The summed E-state index contributed by atoms with van der Waals surface area (Å²) in [5.74, 6) is -2.79. The van der Waals surface area contributed by atoms with Crippen LogP contribution in [-0.2, 0) is 28.7 Å². The van der Waals surface area contributed by atoms with Crippen LogP contribution in [-0.4, -0.2) is 66.5 Å². The first-order valence-corrected chi connectivity index (χ1v) is 11.4. The van der Waals surface area contributed by atoms with E-state index in [4.69, 9.17) is 10.5 Å². The van der Waals surface area contributed by atoms with Crippen LogP contribution in [0.3, 0.4) is 0 Å². The van der Waals surface area contributed by atoms with Crippen LogP contribution >= 0.6 is 0 Å². The molecule has 4 N–H and O–H groups in total. The highest BCUT2D eigenvalue weighted by atomic mass is 16.6. The zero-order valence-electron chi connectivity index (χ0n) is 21.0. The van der Waals surface area contributed by atoms with E-state index in [-0.39, 0.29) is 6.54 Å². The topological polar surface area (TPSA) is 157 Å². The second kappa shape index (κ2) is 13.9. The number of rotatable bonds is 12. The minimum absolute atomic E-state index is 0.145. The quantitative estimate of drug-likeness (QED) is 0.372. The highest BCUT2D eigenvalue weighted by molar-refractivity contribution is 5.95. The first-order valence-electron chi connectivity index (χ1n) is 11.4. The molecule has 0 heterocycles. The number of benzene rings is 1. The van der Waals surface area contributed by atoms with Crippen molar-refractivity contribution in [1.29, 1.82) is 0 Å². The van der Waals surface area contributed by atoms with Crippen molar-refractivity contribution < 1.29 is 33.4 Å². The Bertz CT molecular complexity index is 884. The maximum Gasteiger partial charge on any atom is 0.408 e. The molecule has 2 unspecified atom stereocenters. The number of carbonyl (C=O) groups excluding carboxylic acids is 5. The number of amides is 4. The fraction of sp³-hybridized carbons (Fsp3) is 0.542. The second-order valence-corrected chi connectivity index (χ2v) is 8.86.